The fraction of sp³-hybridized carbons (Fsp3) is 0.529. The van der Waals surface area contributed by atoms with Crippen LogP contribution in [-0.4, -0.2) is 20.8 Å². The van der Waals surface area contributed by atoms with Crippen LogP contribution in [-0.2, 0) is 6.54 Å². The van der Waals surface area contributed by atoms with E-state index in [0.717, 1.165) is 6.54 Å². The number of benzene rings is 1. The van der Waals surface area contributed by atoms with E-state index in [1.54, 1.807) is 12.7 Å². The molecule has 0 radical (unpaired) electrons. The maximum absolute atomic E-state index is 4.13. The molecule has 0 saturated heterocycles. The van der Waals surface area contributed by atoms with Crippen molar-refractivity contribution in [1.82, 2.24) is 14.8 Å². The highest BCUT2D eigenvalue weighted by molar-refractivity contribution is 5.45. The fourth-order valence-electron chi connectivity index (χ4n) is 2.99. The first-order chi connectivity index (χ1) is 10.1. The minimum atomic E-state index is 0.528. The Morgan fingerprint density at radius 1 is 1.19 bits per heavy atom. The molecule has 0 atom stereocenters. The molecule has 3 rings (SSSR count). The number of aromatic nitrogens is 3. The van der Waals surface area contributed by atoms with Gasteiger partial charge in [0.05, 0.1) is 6.54 Å². The predicted molar refractivity (Wildman–Crippen MR) is 85.2 cm³/mol. The lowest BCUT2D eigenvalue weighted by molar-refractivity contribution is 0.232. The second-order valence-corrected chi connectivity index (χ2v) is 6.87. The van der Waals surface area contributed by atoms with Gasteiger partial charge in [0.15, 0.2) is 0 Å². The molecule has 0 unspecified atom stereocenters. The van der Waals surface area contributed by atoms with E-state index in [0.29, 0.717) is 11.5 Å². The third-order valence-electron chi connectivity index (χ3n) is 4.48. The van der Waals surface area contributed by atoms with Gasteiger partial charge in [-0.05, 0) is 48.8 Å². The van der Waals surface area contributed by atoms with Crippen molar-refractivity contribution in [2.45, 2.75) is 52.1 Å². The molecule has 0 amide bonds. The van der Waals surface area contributed by atoms with Crippen LogP contribution in [0.4, 0.5) is 5.69 Å². The zero-order valence-corrected chi connectivity index (χ0v) is 12.9. The van der Waals surface area contributed by atoms with Crippen molar-refractivity contribution < 1.29 is 0 Å². The second kappa shape index (κ2) is 5.88. The van der Waals surface area contributed by atoms with Crippen LogP contribution in [0.3, 0.4) is 0 Å². The zero-order valence-electron chi connectivity index (χ0n) is 12.9. The van der Waals surface area contributed by atoms with Crippen LogP contribution < -0.4 is 5.32 Å². The molecular weight excluding hydrogens is 260 g/mol. The molecule has 112 valence electrons. The largest absolute Gasteiger partial charge is 0.382 e. The Balaban J connectivity index is 1.55. The molecule has 1 aliphatic carbocycles. The van der Waals surface area contributed by atoms with Crippen molar-refractivity contribution >= 4 is 5.69 Å². The van der Waals surface area contributed by atoms with E-state index in [4.69, 9.17) is 0 Å². The number of hydrogen-bond donors (Lipinski definition) is 1. The van der Waals surface area contributed by atoms with Gasteiger partial charge < -0.3 is 5.32 Å². The molecule has 1 fully saturated rings. The first-order valence-electron chi connectivity index (χ1n) is 7.79. The van der Waals surface area contributed by atoms with Crippen LogP contribution >= 0.6 is 0 Å². The summed E-state index contributed by atoms with van der Waals surface area (Å²) in [5.41, 5.74) is 3.00. The van der Waals surface area contributed by atoms with Crippen LogP contribution in [0.25, 0.3) is 0 Å². The molecule has 1 aromatic heterocycles. The SMILES string of the molecule is CC1(C)CCC(Nc2ccc(Cn3cncn3)cc2)CC1. The molecule has 1 saturated carbocycles. The van der Waals surface area contributed by atoms with Crippen LogP contribution in [0.15, 0.2) is 36.9 Å². The van der Waals surface area contributed by atoms with Crippen molar-refractivity contribution in [2.24, 2.45) is 5.41 Å². The van der Waals surface area contributed by atoms with Crippen LogP contribution in [0.2, 0.25) is 0 Å². The molecule has 2 aromatic rings. The monoisotopic (exact) mass is 284 g/mol. The van der Waals surface area contributed by atoms with E-state index in [1.807, 2.05) is 4.68 Å². The van der Waals surface area contributed by atoms with Crippen LogP contribution in [0, 0.1) is 5.41 Å². The van der Waals surface area contributed by atoms with E-state index in [1.165, 1.54) is 36.9 Å². The van der Waals surface area contributed by atoms with Gasteiger partial charge in [-0.2, -0.15) is 5.10 Å². The molecule has 0 aliphatic heterocycles. The van der Waals surface area contributed by atoms with Crippen molar-refractivity contribution in [3.63, 3.8) is 0 Å². The number of anilines is 1. The van der Waals surface area contributed by atoms with Gasteiger partial charge in [-0.1, -0.05) is 26.0 Å². The molecule has 1 aliphatic rings. The Hall–Kier alpha value is -1.84. The van der Waals surface area contributed by atoms with E-state index in [2.05, 4.69) is 53.5 Å². The summed E-state index contributed by atoms with van der Waals surface area (Å²) in [7, 11) is 0. The average molecular weight is 284 g/mol. The third-order valence-corrected chi connectivity index (χ3v) is 4.48. The standard InChI is InChI=1S/C17H24N4/c1-17(2)9-7-16(8-10-17)20-15-5-3-14(4-6-15)11-21-13-18-12-19-21/h3-6,12-13,16,20H,7-11H2,1-2H3. The summed E-state index contributed by atoms with van der Waals surface area (Å²) in [6.07, 6.45) is 8.49. The number of nitrogens with one attached hydrogen (secondary N) is 1. The quantitative estimate of drug-likeness (QED) is 0.930. The Morgan fingerprint density at radius 3 is 2.52 bits per heavy atom. The highest BCUT2D eigenvalue weighted by Crippen LogP contribution is 2.36. The molecule has 4 nitrogen and oxygen atoms in total. The lowest BCUT2D eigenvalue weighted by Gasteiger charge is -2.35. The lowest BCUT2D eigenvalue weighted by Crippen LogP contribution is -2.29. The smallest absolute Gasteiger partial charge is 0.137 e. The number of hydrogen-bond acceptors (Lipinski definition) is 3. The van der Waals surface area contributed by atoms with E-state index >= 15 is 0 Å². The third kappa shape index (κ3) is 3.84. The molecule has 1 heterocycles. The van der Waals surface area contributed by atoms with Gasteiger partial charge in [0.25, 0.3) is 0 Å². The van der Waals surface area contributed by atoms with Crippen molar-refractivity contribution in [1.29, 1.82) is 0 Å². The summed E-state index contributed by atoms with van der Waals surface area (Å²) in [4.78, 5) is 3.96. The fourth-order valence-corrected chi connectivity index (χ4v) is 2.99. The van der Waals surface area contributed by atoms with Crippen LogP contribution in [0.1, 0.15) is 45.1 Å². The topological polar surface area (TPSA) is 42.7 Å². The Morgan fingerprint density at radius 2 is 1.90 bits per heavy atom. The lowest BCUT2D eigenvalue weighted by atomic mass is 9.75. The normalized spacial score (nSPS) is 18.6. The number of nitrogens with zero attached hydrogens (tertiary/aromatic N) is 3. The average Bonchev–Trinajstić information content (AvgIpc) is 2.96. The zero-order chi connectivity index (χ0) is 14.7. The minimum Gasteiger partial charge on any atom is -0.382 e. The summed E-state index contributed by atoms with van der Waals surface area (Å²) in [6.45, 7) is 5.53. The van der Waals surface area contributed by atoms with Gasteiger partial charge in [0, 0.05) is 11.7 Å². The van der Waals surface area contributed by atoms with E-state index < -0.39 is 0 Å². The molecule has 4 heteroatoms. The maximum Gasteiger partial charge on any atom is 0.137 e. The summed E-state index contributed by atoms with van der Waals surface area (Å²) in [5.74, 6) is 0. The van der Waals surface area contributed by atoms with Gasteiger partial charge >= 0.3 is 0 Å². The molecule has 0 bridgehead atoms. The van der Waals surface area contributed by atoms with Crippen molar-refractivity contribution in [2.75, 3.05) is 5.32 Å². The van der Waals surface area contributed by atoms with E-state index in [-0.39, 0.29) is 0 Å². The molecule has 1 aromatic carbocycles. The summed E-state index contributed by atoms with van der Waals surface area (Å²) < 4.78 is 1.84. The first kappa shape index (κ1) is 14.1. The molecule has 1 N–H and O–H groups in total. The van der Waals surface area contributed by atoms with Gasteiger partial charge in [0.2, 0.25) is 0 Å². The minimum absolute atomic E-state index is 0.528. The van der Waals surface area contributed by atoms with Crippen LogP contribution in [0.5, 0.6) is 0 Å². The highest BCUT2D eigenvalue weighted by Gasteiger charge is 2.26. The molecular formula is C17H24N4. The summed E-state index contributed by atoms with van der Waals surface area (Å²) in [6, 6.07) is 9.30. The van der Waals surface area contributed by atoms with E-state index in [9.17, 15) is 0 Å². The molecule has 0 spiro atoms. The summed E-state index contributed by atoms with van der Waals surface area (Å²) >= 11 is 0. The summed E-state index contributed by atoms with van der Waals surface area (Å²) in [5, 5.41) is 7.80. The highest BCUT2D eigenvalue weighted by atomic mass is 15.3. The van der Waals surface area contributed by atoms with Gasteiger partial charge in [-0.25, -0.2) is 9.67 Å². The Bertz CT molecular complexity index is 547. The van der Waals surface area contributed by atoms with Gasteiger partial charge in [-0.3, -0.25) is 0 Å². The van der Waals surface area contributed by atoms with Crippen molar-refractivity contribution in [3.05, 3.63) is 42.5 Å². The number of rotatable bonds is 4. The first-order valence-corrected chi connectivity index (χ1v) is 7.79. The Kier molecular flexibility index (Phi) is 3.95. The predicted octanol–water partition coefficient (Wildman–Crippen LogP) is 3.71. The maximum atomic E-state index is 4.13. The van der Waals surface area contributed by atoms with Gasteiger partial charge in [0.1, 0.15) is 12.7 Å². The molecule has 21 heavy (non-hydrogen) atoms. The second-order valence-electron chi connectivity index (χ2n) is 6.87. The van der Waals surface area contributed by atoms with Crippen molar-refractivity contribution in [3.8, 4) is 0 Å². The Labute approximate surface area is 126 Å². The van der Waals surface area contributed by atoms with Gasteiger partial charge in [-0.15, -0.1) is 0 Å².